The van der Waals surface area contributed by atoms with Crippen molar-refractivity contribution in [3.05, 3.63) is 0 Å². The molecule has 0 atom stereocenters. The molecule has 1 aliphatic carbocycles. The first-order valence-electron chi connectivity index (χ1n) is 3.73. The summed E-state index contributed by atoms with van der Waals surface area (Å²) in [6.07, 6.45) is 2.42. The molecule has 0 spiro atoms. The Kier molecular flexibility index (Phi) is 3.55. The van der Waals surface area contributed by atoms with Crippen LogP contribution in [0.1, 0.15) is 12.8 Å². The SMILES string of the molecule is OCCNNC(=S)NC1CC1. The summed E-state index contributed by atoms with van der Waals surface area (Å²) in [6.45, 7) is 0.617. The van der Waals surface area contributed by atoms with E-state index in [-0.39, 0.29) is 6.61 Å². The fraction of sp³-hybridized carbons (Fsp3) is 0.833. The summed E-state index contributed by atoms with van der Waals surface area (Å²) in [5.41, 5.74) is 5.53. The highest BCUT2D eigenvalue weighted by molar-refractivity contribution is 7.80. The van der Waals surface area contributed by atoms with Crippen molar-refractivity contribution in [2.75, 3.05) is 13.2 Å². The zero-order chi connectivity index (χ0) is 8.10. The summed E-state index contributed by atoms with van der Waals surface area (Å²) >= 11 is 4.92. The lowest BCUT2D eigenvalue weighted by Crippen LogP contribution is -2.45. The Bertz CT molecular complexity index is 138. The minimum absolute atomic E-state index is 0.110. The highest BCUT2D eigenvalue weighted by Gasteiger charge is 2.21. The Morgan fingerprint density at radius 3 is 2.82 bits per heavy atom. The Morgan fingerprint density at radius 2 is 2.27 bits per heavy atom. The number of nitrogens with one attached hydrogen (secondary N) is 3. The molecule has 1 saturated carbocycles. The Balaban J connectivity index is 1.92. The summed E-state index contributed by atoms with van der Waals surface area (Å²) in [5.74, 6) is 0. The van der Waals surface area contributed by atoms with Crippen LogP contribution >= 0.6 is 12.2 Å². The van der Waals surface area contributed by atoms with Gasteiger partial charge in [0.15, 0.2) is 5.11 Å². The molecular formula is C6H13N3OS. The van der Waals surface area contributed by atoms with Crippen LogP contribution in [0.4, 0.5) is 0 Å². The van der Waals surface area contributed by atoms with E-state index < -0.39 is 0 Å². The molecule has 0 bridgehead atoms. The highest BCUT2D eigenvalue weighted by Crippen LogP contribution is 2.17. The molecule has 11 heavy (non-hydrogen) atoms. The average molecular weight is 175 g/mol. The standard InChI is InChI=1S/C6H13N3OS/c10-4-3-7-9-6(11)8-5-1-2-5/h5,7,10H,1-4H2,(H2,8,9,11). The first-order valence-corrected chi connectivity index (χ1v) is 4.14. The number of thiocarbonyl (C=S) groups is 1. The van der Waals surface area contributed by atoms with Crippen LogP contribution < -0.4 is 16.2 Å². The molecule has 4 N–H and O–H groups in total. The fourth-order valence-electron chi connectivity index (χ4n) is 0.648. The Morgan fingerprint density at radius 1 is 1.55 bits per heavy atom. The molecule has 64 valence electrons. The number of aliphatic hydroxyl groups excluding tert-OH is 1. The normalized spacial score (nSPS) is 16.1. The lowest BCUT2D eigenvalue weighted by molar-refractivity contribution is 0.289. The largest absolute Gasteiger partial charge is 0.395 e. The first kappa shape index (κ1) is 8.70. The molecule has 0 aliphatic heterocycles. The van der Waals surface area contributed by atoms with Gasteiger partial charge in [0, 0.05) is 12.6 Å². The van der Waals surface area contributed by atoms with Crippen molar-refractivity contribution >= 4 is 17.3 Å². The van der Waals surface area contributed by atoms with E-state index in [0.29, 0.717) is 17.7 Å². The van der Waals surface area contributed by atoms with Crippen LogP contribution in [0.3, 0.4) is 0 Å². The number of rotatable bonds is 4. The molecule has 0 aromatic carbocycles. The molecule has 0 unspecified atom stereocenters. The van der Waals surface area contributed by atoms with Gasteiger partial charge in [0.2, 0.25) is 0 Å². The second-order valence-electron chi connectivity index (χ2n) is 2.52. The second-order valence-corrected chi connectivity index (χ2v) is 2.93. The molecule has 0 radical (unpaired) electrons. The minimum Gasteiger partial charge on any atom is -0.395 e. The van der Waals surface area contributed by atoms with Crippen LogP contribution in [0.5, 0.6) is 0 Å². The minimum atomic E-state index is 0.110. The molecule has 0 saturated heterocycles. The third-order valence-corrected chi connectivity index (χ3v) is 1.57. The molecule has 0 heterocycles. The summed E-state index contributed by atoms with van der Waals surface area (Å²) in [5, 5.41) is 12.1. The quantitative estimate of drug-likeness (QED) is 0.254. The van der Waals surface area contributed by atoms with E-state index in [0.717, 1.165) is 0 Å². The summed E-state index contributed by atoms with van der Waals surface area (Å²) in [4.78, 5) is 0. The van der Waals surface area contributed by atoms with Crippen LogP contribution in [0.2, 0.25) is 0 Å². The van der Waals surface area contributed by atoms with Gasteiger partial charge in [-0.2, -0.15) is 0 Å². The third-order valence-electron chi connectivity index (χ3n) is 1.35. The third kappa shape index (κ3) is 4.13. The van der Waals surface area contributed by atoms with Gasteiger partial charge in [-0.05, 0) is 25.1 Å². The molecule has 0 amide bonds. The molecule has 4 nitrogen and oxygen atoms in total. The molecule has 0 aromatic rings. The van der Waals surface area contributed by atoms with Crippen molar-refractivity contribution < 1.29 is 5.11 Å². The van der Waals surface area contributed by atoms with Crippen LogP contribution in [0.25, 0.3) is 0 Å². The van der Waals surface area contributed by atoms with E-state index in [1.54, 1.807) is 0 Å². The van der Waals surface area contributed by atoms with Gasteiger partial charge in [-0.25, -0.2) is 5.43 Å². The van der Waals surface area contributed by atoms with Crippen LogP contribution in [0, 0.1) is 0 Å². The average Bonchev–Trinajstić information content (AvgIpc) is 2.72. The topological polar surface area (TPSA) is 56.3 Å². The van der Waals surface area contributed by atoms with Crippen molar-refractivity contribution in [1.82, 2.24) is 16.2 Å². The van der Waals surface area contributed by atoms with Gasteiger partial charge in [-0.15, -0.1) is 0 Å². The van der Waals surface area contributed by atoms with Gasteiger partial charge in [0.05, 0.1) is 6.61 Å². The fourth-order valence-corrected chi connectivity index (χ4v) is 0.887. The predicted octanol–water partition coefficient (Wildman–Crippen LogP) is -0.890. The molecule has 5 heteroatoms. The van der Waals surface area contributed by atoms with Crippen molar-refractivity contribution in [1.29, 1.82) is 0 Å². The van der Waals surface area contributed by atoms with Gasteiger partial charge in [0.25, 0.3) is 0 Å². The maximum Gasteiger partial charge on any atom is 0.181 e. The van der Waals surface area contributed by atoms with E-state index in [9.17, 15) is 0 Å². The molecule has 1 rings (SSSR count). The maximum absolute atomic E-state index is 8.41. The van der Waals surface area contributed by atoms with E-state index in [4.69, 9.17) is 17.3 Å². The van der Waals surface area contributed by atoms with Gasteiger partial charge >= 0.3 is 0 Å². The monoisotopic (exact) mass is 175 g/mol. The highest BCUT2D eigenvalue weighted by atomic mass is 32.1. The number of hydrogen-bond donors (Lipinski definition) is 4. The van der Waals surface area contributed by atoms with Crippen LogP contribution in [-0.4, -0.2) is 29.4 Å². The Labute approximate surface area is 71.3 Å². The lowest BCUT2D eigenvalue weighted by Gasteiger charge is -2.09. The molecular weight excluding hydrogens is 162 g/mol. The van der Waals surface area contributed by atoms with Gasteiger partial charge < -0.3 is 10.4 Å². The maximum atomic E-state index is 8.41. The summed E-state index contributed by atoms with van der Waals surface area (Å²) < 4.78 is 0. The van der Waals surface area contributed by atoms with Crippen LogP contribution in [-0.2, 0) is 0 Å². The first-order chi connectivity index (χ1) is 5.33. The van der Waals surface area contributed by atoms with Crippen molar-refractivity contribution in [3.8, 4) is 0 Å². The van der Waals surface area contributed by atoms with E-state index in [1.165, 1.54) is 12.8 Å². The van der Waals surface area contributed by atoms with Crippen molar-refractivity contribution in [3.63, 3.8) is 0 Å². The number of aliphatic hydroxyl groups is 1. The van der Waals surface area contributed by atoms with Crippen LogP contribution in [0.15, 0.2) is 0 Å². The number of hydrazine groups is 1. The second kappa shape index (κ2) is 4.48. The zero-order valence-corrected chi connectivity index (χ0v) is 7.08. The van der Waals surface area contributed by atoms with Gasteiger partial charge in [-0.3, -0.25) is 5.43 Å². The van der Waals surface area contributed by atoms with Gasteiger partial charge in [-0.1, -0.05) is 0 Å². The lowest BCUT2D eigenvalue weighted by atomic mass is 10.7. The van der Waals surface area contributed by atoms with Gasteiger partial charge in [0.1, 0.15) is 0 Å². The molecule has 0 aromatic heterocycles. The van der Waals surface area contributed by atoms with Crippen molar-refractivity contribution in [2.45, 2.75) is 18.9 Å². The van der Waals surface area contributed by atoms with E-state index in [1.807, 2.05) is 0 Å². The van der Waals surface area contributed by atoms with E-state index >= 15 is 0 Å². The smallest absolute Gasteiger partial charge is 0.181 e. The zero-order valence-electron chi connectivity index (χ0n) is 6.26. The predicted molar refractivity (Wildman–Crippen MR) is 47.0 cm³/mol. The molecule has 1 fully saturated rings. The number of hydrogen-bond acceptors (Lipinski definition) is 3. The molecule has 1 aliphatic rings. The van der Waals surface area contributed by atoms with E-state index in [2.05, 4.69) is 16.2 Å². The summed E-state index contributed by atoms with van der Waals surface area (Å²) in [6, 6.07) is 0.575. The van der Waals surface area contributed by atoms with Crippen molar-refractivity contribution in [2.24, 2.45) is 0 Å². The Hall–Kier alpha value is -0.390. The summed E-state index contributed by atoms with van der Waals surface area (Å²) in [7, 11) is 0.